The molecule has 4 heteroatoms. The van der Waals surface area contributed by atoms with Gasteiger partial charge in [0.05, 0.1) is 0 Å². The van der Waals surface area contributed by atoms with E-state index in [2.05, 4.69) is 15.9 Å². The van der Waals surface area contributed by atoms with Crippen molar-refractivity contribution in [2.75, 3.05) is 0 Å². The average molecular weight is 321 g/mol. The first-order chi connectivity index (χ1) is 9.17. The molecule has 0 saturated carbocycles. The molecule has 2 rings (SSSR count). The third-order valence-electron chi connectivity index (χ3n) is 2.61. The normalized spacial score (nSPS) is 11.9. The number of ether oxygens (including phenoxy) is 1. The molecule has 0 amide bonds. The fourth-order valence-corrected chi connectivity index (χ4v) is 1.91. The number of carbonyl (C=O) groups excluding carboxylic acids is 1. The molecule has 0 spiro atoms. The average Bonchev–Trinajstić information content (AvgIpc) is 2.42. The zero-order chi connectivity index (χ0) is 13.7. The molecule has 3 nitrogen and oxygen atoms in total. The van der Waals surface area contributed by atoms with Gasteiger partial charge in [-0.2, -0.15) is 0 Å². The lowest BCUT2D eigenvalue weighted by molar-refractivity contribution is -0.0158. The van der Waals surface area contributed by atoms with E-state index in [0.717, 1.165) is 16.3 Å². The summed E-state index contributed by atoms with van der Waals surface area (Å²) in [6.45, 7) is 0. The lowest BCUT2D eigenvalue weighted by atomic mass is 10.1. The molecule has 1 N–H and O–H groups in total. The number of benzene rings is 2. The molecule has 2 aromatic rings. The number of halogens is 1. The molecule has 1 atom stereocenters. The summed E-state index contributed by atoms with van der Waals surface area (Å²) in [5.74, 6) is 0.611. The monoisotopic (exact) mass is 320 g/mol. The van der Waals surface area contributed by atoms with Crippen LogP contribution in [0, 0.1) is 0 Å². The molecule has 2 aromatic carbocycles. The van der Waals surface area contributed by atoms with Crippen molar-refractivity contribution in [2.45, 2.75) is 12.7 Å². The van der Waals surface area contributed by atoms with Crippen LogP contribution in [0.4, 0.5) is 0 Å². The van der Waals surface area contributed by atoms with Gasteiger partial charge in [-0.1, -0.05) is 40.2 Å². The minimum atomic E-state index is -0.914. The molecule has 0 bridgehead atoms. The van der Waals surface area contributed by atoms with Gasteiger partial charge in [0, 0.05) is 16.5 Å². The summed E-state index contributed by atoms with van der Waals surface area (Å²) >= 11 is 3.33. The number of carbonyl (C=O) groups is 1. The minimum Gasteiger partial charge on any atom is -0.465 e. The smallest absolute Gasteiger partial charge is 0.201 e. The van der Waals surface area contributed by atoms with Gasteiger partial charge < -0.3 is 9.84 Å². The highest BCUT2D eigenvalue weighted by Gasteiger charge is 2.07. The quantitative estimate of drug-likeness (QED) is 0.679. The van der Waals surface area contributed by atoms with Crippen LogP contribution in [-0.4, -0.2) is 17.7 Å². The largest absolute Gasteiger partial charge is 0.465 e. The summed E-state index contributed by atoms with van der Waals surface area (Å²) < 4.78 is 6.35. The molecule has 0 aliphatic carbocycles. The predicted octanol–water partition coefficient (Wildman–Crippen LogP) is 3.20. The molecule has 0 radical (unpaired) electrons. The lowest BCUT2D eigenvalue weighted by Gasteiger charge is -2.13. The van der Waals surface area contributed by atoms with Gasteiger partial charge in [-0.05, 0) is 29.8 Å². The van der Waals surface area contributed by atoms with E-state index < -0.39 is 6.29 Å². The minimum absolute atomic E-state index is 0.370. The predicted molar refractivity (Wildman–Crippen MR) is 76.3 cm³/mol. The van der Waals surface area contributed by atoms with Gasteiger partial charge in [0.1, 0.15) is 12.0 Å². The maximum absolute atomic E-state index is 10.5. The Labute approximate surface area is 120 Å². The van der Waals surface area contributed by atoms with Gasteiger partial charge in [0.2, 0.25) is 6.29 Å². The summed E-state index contributed by atoms with van der Waals surface area (Å²) in [5.41, 5.74) is 1.53. The summed E-state index contributed by atoms with van der Waals surface area (Å²) in [4.78, 5) is 10.5. The molecule has 98 valence electrons. The molecule has 0 aliphatic rings. The molecule has 0 aromatic heterocycles. The molecule has 0 fully saturated rings. The van der Waals surface area contributed by atoms with Crippen LogP contribution >= 0.6 is 15.9 Å². The number of aliphatic hydroxyl groups is 1. The Morgan fingerprint density at radius 1 is 1.11 bits per heavy atom. The molecular weight excluding hydrogens is 308 g/mol. The third-order valence-corrected chi connectivity index (χ3v) is 3.14. The van der Waals surface area contributed by atoms with Crippen molar-refractivity contribution in [2.24, 2.45) is 0 Å². The van der Waals surface area contributed by atoms with Crippen molar-refractivity contribution in [1.82, 2.24) is 0 Å². The zero-order valence-corrected chi connectivity index (χ0v) is 11.7. The first-order valence-corrected chi connectivity index (χ1v) is 6.61. The molecular formula is C15H13BrO3. The number of hydrogen-bond donors (Lipinski definition) is 1. The molecule has 1 unspecified atom stereocenters. The summed E-state index contributed by atoms with van der Waals surface area (Å²) in [5, 5.41) is 9.85. The van der Waals surface area contributed by atoms with E-state index in [1.807, 2.05) is 12.1 Å². The first kappa shape index (κ1) is 13.8. The topological polar surface area (TPSA) is 46.5 Å². The second-order valence-electron chi connectivity index (χ2n) is 4.09. The fraction of sp³-hybridized carbons (Fsp3) is 0.133. The Balaban J connectivity index is 1.94. The van der Waals surface area contributed by atoms with Gasteiger partial charge in [-0.15, -0.1) is 0 Å². The molecule has 0 saturated heterocycles. The molecule has 0 aliphatic heterocycles. The molecule has 19 heavy (non-hydrogen) atoms. The van der Waals surface area contributed by atoms with E-state index in [9.17, 15) is 9.90 Å². The SMILES string of the molecule is O=Cc1ccc(CC(O)Oc2ccc(Br)cc2)cc1. The van der Waals surface area contributed by atoms with Crippen molar-refractivity contribution in [3.63, 3.8) is 0 Å². The Bertz CT molecular complexity index is 534. The highest BCUT2D eigenvalue weighted by Crippen LogP contribution is 2.18. The zero-order valence-electron chi connectivity index (χ0n) is 10.1. The van der Waals surface area contributed by atoms with Gasteiger partial charge in [-0.3, -0.25) is 4.79 Å². The number of aliphatic hydroxyl groups excluding tert-OH is 1. The van der Waals surface area contributed by atoms with Crippen LogP contribution in [0.5, 0.6) is 5.75 Å². The van der Waals surface area contributed by atoms with Crippen molar-refractivity contribution in [3.05, 3.63) is 64.1 Å². The standard InChI is InChI=1S/C15H13BrO3/c16-13-5-7-14(8-6-13)19-15(18)9-11-1-3-12(10-17)4-2-11/h1-8,10,15,18H,9H2. The third kappa shape index (κ3) is 4.19. The Morgan fingerprint density at radius 2 is 1.74 bits per heavy atom. The summed E-state index contributed by atoms with van der Waals surface area (Å²) in [6.07, 6.45) is 0.247. The van der Waals surface area contributed by atoms with Gasteiger partial charge in [-0.25, -0.2) is 0 Å². The van der Waals surface area contributed by atoms with Crippen LogP contribution in [0.3, 0.4) is 0 Å². The molecule has 0 heterocycles. The second kappa shape index (κ2) is 6.50. The number of rotatable bonds is 5. The van der Waals surface area contributed by atoms with E-state index in [0.29, 0.717) is 17.7 Å². The van der Waals surface area contributed by atoms with E-state index in [1.54, 1.807) is 36.4 Å². The lowest BCUT2D eigenvalue weighted by Crippen LogP contribution is -2.18. The van der Waals surface area contributed by atoms with Crippen molar-refractivity contribution < 1.29 is 14.6 Å². The highest BCUT2D eigenvalue weighted by molar-refractivity contribution is 9.10. The van der Waals surface area contributed by atoms with Gasteiger partial charge >= 0.3 is 0 Å². The van der Waals surface area contributed by atoms with E-state index in [1.165, 1.54) is 0 Å². The fourth-order valence-electron chi connectivity index (χ4n) is 1.65. The van der Waals surface area contributed by atoms with Crippen LogP contribution < -0.4 is 4.74 Å². The summed E-state index contributed by atoms with van der Waals surface area (Å²) in [6, 6.07) is 14.3. The number of aldehydes is 1. The van der Waals surface area contributed by atoms with Gasteiger partial charge in [0.15, 0.2) is 0 Å². The Morgan fingerprint density at radius 3 is 2.32 bits per heavy atom. The maximum atomic E-state index is 10.5. The second-order valence-corrected chi connectivity index (χ2v) is 5.01. The Hall–Kier alpha value is -1.65. The first-order valence-electron chi connectivity index (χ1n) is 5.82. The van der Waals surface area contributed by atoms with Crippen LogP contribution in [0.1, 0.15) is 15.9 Å². The van der Waals surface area contributed by atoms with E-state index in [4.69, 9.17) is 4.74 Å². The van der Waals surface area contributed by atoms with E-state index >= 15 is 0 Å². The number of hydrogen-bond acceptors (Lipinski definition) is 3. The van der Waals surface area contributed by atoms with Gasteiger partial charge in [0.25, 0.3) is 0 Å². The van der Waals surface area contributed by atoms with Crippen LogP contribution in [-0.2, 0) is 6.42 Å². The van der Waals surface area contributed by atoms with Crippen molar-refractivity contribution in [3.8, 4) is 5.75 Å². The summed E-state index contributed by atoms with van der Waals surface area (Å²) in [7, 11) is 0. The van der Waals surface area contributed by atoms with E-state index in [-0.39, 0.29) is 0 Å². The van der Waals surface area contributed by atoms with Crippen LogP contribution in [0.2, 0.25) is 0 Å². The van der Waals surface area contributed by atoms with Crippen molar-refractivity contribution >= 4 is 22.2 Å². The van der Waals surface area contributed by atoms with Crippen LogP contribution in [0.25, 0.3) is 0 Å². The maximum Gasteiger partial charge on any atom is 0.201 e. The van der Waals surface area contributed by atoms with Crippen molar-refractivity contribution in [1.29, 1.82) is 0 Å². The Kier molecular flexibility index (Phi) is 4.71. The highest BCUT2D eigenvalue weighted by atomic mass is 79.9. The van der Waals surface area contributed by atoms with Crippen LogP contribution in [0.15, 0.2) is 53.0 Å².